The molecule has 1 saturated carbocycles. The minimum atomic E-state index is 0.257. The molecule has 2 atom stereocenters. The quantitative estimate of drug-likeness (QED) is 0.851. The van der Waals surface area contributed by atoms with Gasteiger partial charge in [-0.2, -0.15) is 0 Å². The van der Waals surface area contributed by atoms with Crippen molar-refractivity contribution >= 4 is 5.78 Å². The highest BCUT2D eigenvalue weighted by molar-refractivity contribution is 5.82. The highest BCUT2D eigenvalue weighted by atomic mass is 16.5. The van der Waals surface area contributed by atoms with Crippen LogP contribution in [0.4, 0.5) is 0 Å². The van der Waals surface area contributed by atoms with Gasteiger partial charge in [0.2, 0.25) is 0 Å². The second kappa shape index (κ2) is 6.08. The number of aromatic nitrogens is 1. The largest absolute Gasteiger partial charge is 0.360 e. The third kappa shape index (κ3) is 2.95. The molecule has 0 N–H and O–H groups in total. The molecule has 3 rings (SSSR count). The molecular formula is C16H24N2O2. The van der Waals surface area contributed by atoms with Crippen LogP contribution in [-0.4, -0.2) is 28.4 Å². The smallest absolute Gasteiger partial charge is 0.150 e. The van der Waals surface area contributed by atoms with E-state index < -0.39 is 0 Å². The first kappa shape index (κ1) is 13.8. The van der Waals surface area contributed by atoms with Crippen molar-refractivity contribution in [1.82, 2.24) is 10.1 Å². The molecule has 2 aliphatic rings. The molecule has 2 fully saturated rings. The lowest BCUT2D eigenvalue weighted by Crippen LogP contribution is -2.46. The fourth-order valence-corrected chi connectivity index (χ4v) is 3.78. The fourth-order valence-electron chi connectivity index (χ4n) is 3.78. The lowest BCUT2D eigenvalue weighted by molar-refractivity contribution is -0.128. The van der Waals surface area contributed by atoms with E-state index in [1.807, 2.05) is 13.0 Å². The van der Waals surface area contributed by atoms with Gasteiger partial charge in [-0.1, -0.05) is 18.0 Å². The van der Waals surface area contributed by atoms with E-state index in [-0.39, 0.29) is 5.92 Å². The van der Waals surface area contributed by atoms with Gasteiger partial charge in [0.25, 0.3) is 0 Å². The van der Waals surface area contributed by atoms with Crippen molar-refractivity contribution in [3.63, 3.8) is 0 Å². The molecule has 0 radical (unpaired) electrons. The minimum Gasteiger partial charge on any atom is -0.360 e. The van der Waals surface area contributed by atoms with Crippen LogP contribution in [0.3, 0.4) is 0 Å². The summed E-state index contributed by atoms with van der Waals surface area (Å²) in [5.41, 5.74) is 0.933. The molecule has 0 aromatic carbocycles. The third-order valence-corrected chi connectivity index (χ3v) is 4.77. The monoisotopic (exact) mass is 276 g/mol. The number of likely N-dealkylation sites (tertiary alicyclic amines) is 1. The Kier molecular flexibility index (Phi) is 4.20. The summed E-state index contributed by atoms with van der Waals surface area (Å²) in [4.78, 5) is 14.7. The Labute approximate surface area is 120 Å². The standard InChI is InChI=1S/C16H24N2O2/c1-12-10-13(20-17-12)11-18-9-5-4-7-15(18)14-6-2-3-8-16(14)19/h10,14-15H,2-9,11H2,1H3. The predicted octanol–water partition coefficient (Wildman–Crippen LogP) is 3.10. The first-order valence-electron chi connectivity index (χ1n) is 7.93. The van der Waals surface area contributed by atoms with Gasteiger partial charge in [0.15, 0.2) is 5.76 Å². The summed E-state index contributed by atoms with van der Waals surface area (Å²) in [6.07, 6.45) is 7.80. The van der Waals surface area contributed by atoms with E-state index in [9.17, 15) is 4.79 Å². The van der Waals surface area contributed by atoms with Crippen LogP contribution in [0.1, 0.15) is 56.4 Å². The summed E-state index contributed by atoms with van der Waals surface area (Å²) in [5, 5.41) is 3.97. The number of carbonyl (C=O) groups excluding carboxylic acids is 1. The van der Waals surface area contributed by atoms with Crippen LogP contribution in [0, 0.1) is 12.8 Å². The summed E-state index contributed by atoms with van der Waals surface area (Å²) in [6, 6.07) is 2.43. The zero-order valence-electron chi connectivity index (χ0n) is 12.3. The number of carbonyl (C=O) groups is 1. The maximum Gasteiger partial charge on any atom is 0.150 e. The average molecular weight is 276 g/mol. The van der Waals surface area contributed by atoms with Crippen molar-refractivity contribution in [3.05, 3.63) is 17.5 Å². The summed E-state index contributed by atoms with van der Waals surface area (Å²) < 4.78 is 5.35. The normalized spacial score (nSPS) is 28.8. The number of hydrogen-bond donors (Lipinski definition) is 0. The van der Waals surface area contributed by atoms with E-state index in [0.29, 0.717) is 11.8 Å². The van der Waals surface area contributed by atoms with Crippen molar-refractivity contribution in [1.29, 1.82) is 0 Å². The van der Waals surface area contributed by atoms with E-state index in [0.717, 1.165) is 50.2 Å². The first-order valence-corrected chi connectivity index (χ1v) is 7.93. The number of Topliss-reactive ketones (excluding diaryl/α,β-unsaturated/α-hetero) is 1. The summed E-state index contributed by atoms with van der Waals surface area (Å²) in [5.74, 6) is 1.67. The summed E-state index contributed by atoms with van der Waals surface area (Å²) >= 11 is 0. The SMILES string of the molecule is Cc1cc(CN2CCCCC2C2CCCCC2=O)on1. The Balaban J connectivity index is 1.71. The van der Waals surface area contributed by atoms with E-state index >= 15 is 0 Å². The number of nitrogens with zero attached hydrogens (tertiary/aromatic N) is 2. The molecule has 1 saturated heterocycles. The van der Waals surface area contributed by atoms with Crippen molar-refractivity contribution < 1.29 is 9.32 Å². The Morgan fingerprint density at radius 3 is 2.90 bits per heavy atom. The summed E-state index contributed by atoms with van der Waals surface area (Å²) in [7, 11) is 0. The number of rotatable bonds is 3. The van der Waals surface area contributed by atoms with Gasteiger partial charge in [0.1, 0.15) is 5.78 Å². The van der Waals surface area contributed by atoms with E-state index in [2.05, 4.69) is 10.1 Å². The van der Waals surface area contributed by atoms with Crippen LogP contribution in [0.2, 0.25) is 0 Å². The molecule has 2 heterocycles. The zero-order valence-corrected chi connectivity index (χ0v) is 12.3. The highest BCUT2D eigenvalue weighted by Crippen LogP contribution is 2.32. The average Bonchev–Trinajstić information content (AvgIpc) is 2.86. The lowest BCUT2D eigenvalue weighted by Gasteiger charge is -2.40. The second-order valence-electron chi connectivity index (χ2n) is 6.29. The molecular weight excluding hydrogens is 252 g/mol. The Morgan fingerprint density at radius 1 is 1.30 bits per heavy atom. The van der Waals surface area contributed by atoms with Gasteiger partial charge >= 0.3 is 0 Å². The molecule has 20 heavy (non-hydrogen) atoms. The molecule has 4 nitrogen and oxygen atoms in total. The lowest BCUT2D eigenvalue weighted by atomic mass is 9.79. The molecule has 0 amide bonds. The maximum absolute atomic E-state index is 12.2. The minimum absolute atomic E-state index is 0.257. The fraction of sp³-hybridized carbons (Fsp3) is 0.750. The van der Waals surface area contributed by atoms with Crippen LogP contribution in [0.25, 0.3) is 0 Å². The molecule has 1 aliphatic heterocycles. The topological polar surface area (TPSA) is 46.3 Å². The van der Waals surface area contributed by atoms with Crippen molar-refractivity contribution in [2.75, 3.05) is 6.54 Å². The van der Waals surface area contributed by atoms with Gasteiger partial charge in [-0.3, -0.25) is 9.69 Å². The summed E-state index contributed by atoms with van der Waals surface area (Å²) in [6.45, 7) is 3.83. The Hall–Kier alpha value is -1.16. The molecule has 0 bridgehead atoms. The molecule has 0 spiro atoms. The molecule has 1 aromatic rings. The van der Waals surface area contributed by atoms with Crippen molar-refractivity contribution in [2.45, 2.75) is 64.5 Å². The van der Waals surface area contributed by atoms with Gasteiger partial charge in [-0.15, -0.1) is 0 Å². The predicted molar refractivity (Wildman–Crippen MR) is 76.3 cm³/mol. The molecule has 4 heteroatoms. The van der Waals surface area contributed by atoms with Crippen LogP contribution >= 0.6 is 0 Å². The first-order chi connectivity index (χ1) is 9.74. The van der Waals surface area contributed by atoms with Crippen molar-refractivity contribution in [2.24, 2.45) is 5.92 Å². The van der Waals surface area contributed by atoms with Gasteiger partial charge in [0, 0.05) is 24.4 Å². The van der Waals surface area contributed by atoms with Gasteiger partial charge in [-0.05, 0) is 39.2 Å². The highest BCUT2D eigenvalue weighted by Gasteiger charge is 2.35. The third-order valence-electron chi connectivity index (χ3n) is 4.77. The Bertz CT molecular complexity index is 469. The van der Waals surface area contributed by atoms with Gasteiger partial charge in [0.05, 0.1) is 12.2 Å². The van der Waals surface area contributed by atoms with Crippen LogP contribution < -0.4 is 0 Å². The van der Waals surface area contributed by atoms with Gasteiger partial charge in [-0.25, -0.2) is 0 Å². The zero-order chi connectivity index (χ0) is 13.9. The molecule has 1 aliphatic carbocycles. The van der Waals surface area contributed by atoms with E-state index in [1.165, 1.54) is 19.3 Å². The molecule has 1 aromatic heterocycles. The van der Waals surface area contributed by atoms with E-state index in [1.54, 1.807) is 0 Å². The number of piperidine rings is 1. The number of ketones is 1. The van der Waals surface area contributed by atoms with E-state index in [4.69, 9.17) is 4.52 Å². The second-order valence-corrected chi connectivity index (χ2v) is 6.29. The molecule has 110 valence electrons. The molecule has 2 unspecified atom stereocenters. The van der Waals surface area contributed by atoms with Crippen LogP contribution in [0.5, 0.6) is 0 Å². The van der Waals surface area contributed by atoms with Crippen LogP contribution in [-0.2, 0) is 11.3 Å². The maximum atomic E-state index is 12.2. The Morgan fingerprint density at radius 2 is 2.15 bits per heavy atom. The number of aryl methyl sites for hydroxylation is 1. The van der Waals surface area contributed by atoms with Crippen LogP contribution in [0.15, 0.2) is 10.6 Å². The van der Waals surface area contributed by atoms with Crippen molar-refractivity contribution in [3.8, 4) is 0 Å². The van der Waals surface area contributed by atoms with Gasteiger partial charge < -0.3 is 4.52 Å². The number of hydrogen-bond acceptors (Lipinski definition) is 4.